The molecule has 0 saturated carbocycles. The molecule has 0 unspecified atom stereocenters. The Morgan fingerprint density at radius 1 is 0.906 bits per heavy atom. The van der Waals surface area contributed by atoms with Crippen molar-refractivity contribution in [1.29, 1.82) is 0 Å². The average Bonchev–Trinajstić information content (AvgIpc) is 3.25. The van der Waals surface area contributed by atoms with Crippen molar-refractivity contribution in [2.45, 2.75) is 6.42 Å². The van der Waals surface area contributed by atoms with Crippen molar-refractivity contribution >= 4 is 22.4 Å². The molecule has 0 aliphatic carbocycles. The fourth-order valence-electron chi connectivity index (χ4n) is 3.93. The number of piperazine rings is 1. The van der Waals surface area contributed by atoms with E-state index >= 15 is 0 Å². The van der Waals surface area contributed by atoms with Crippen LogP contribution in [0.15, 0.2) is 55.2 Å². The molecule has 0 N–H and O–H groups in total. The third-order valence-corrected chi connectivity index (χ3v) is 5.90. The summed E-state index contributed by atoms with van der Waals surface area (Å²) in [5, 5.41) is 6.15. The number of aromatic nitrogens is 5. The Bertz CT molecular complexity index is 1260. The van der Waals surface area contributed by atoms with Crippen molar-refractivity contribution in [2.75, 3.05) is 38.1 Å². The van der Waals surface area contributed by atoms with E-state index in [1.165, 1.54) is 0 Å². The first kappa shape index (κ1) is 20.3. The summed E-state index contributed by atoms with van der Waals surface area (Å²) < 4.78 is 1.75. The van der Waals surface area contributed by atoms with E-state index in [-0.39, 0.29) is 12.2 Å². The summed E-state index contributed by atoms with van der Waals surface area (Å²) in [6.07, 6.45) is 9.21. The Kier molecular flexibility index (Phi) is 5.36. The van der Waals surface area contributed by atoms with Gasteiger partial charge in [0.1, 0.15) is 5.82 Å². The molecule has 1 aliphatic heterocycles. The molecule has 0 amide bonds. The number of hydrogen-bond donors (Lipinski definition) is 0. The quantitative estimate of drug-likeness (QED) is 0.453. The van der Waals surface area contributed by atoms with Crippen molar-refractivity contribution in [1.82, 2.24) is 29.6 Å². The standard InChI is InChI=1S/C24H25N7O/c1-29-5-7-31(8-6-29)24-4-3-17(12-27-24)23(32)11-21-9-18-10-22(20-15-28-30(2)16-20)26-14-19(18)13-25-21/h3-4,9-10,12-16H,5-8,11H2,1-2H3. The van der Waals surface area contributed by atoms with Crippen molar-refractivity contribution in [3.05, 3.63) is 66.5 Å². The summed E-state index contributed by atoms with van der Waals surface area (Å²) in [5.41, 5.74) is 3.14. The summed E-state index contributed by atoms with van der Waals surface area (Å²) in [6.45, 7) is 3.95. The molecule has 0 spiro atoms. The van der Waals surface area contributed by atoms with E-state index in [1.807, 2.05) is 37.5 Å². The van der Waals surface area contributed by atoms with Crippen LogP contribution in [0, 0.1) is 0 Å². The second-order valence-electron chi connectivity index (χ2n) is 8.29. The van der Waals surface area contributed by atoms with Crippen LogP contribution in [0.1, 0.15) is 16.1 Å². The molecule has 0 bridgehead atoms. The topological polar surface area (TPSA) is 80.0 Å². The third-order valence-electron chi connectivity index (χ3n) is 5.90. The molecule has 32 heavy (non-hydrogen) atoms. The molecule has 0 aromatic carbocycles. The highest BCUT2D eigenvalue weighted by Gasteiger charge is 2.16. The predicted octanol–water partition coefficient (Wildman–Crippen LogP) is 2.60. The maximum absolute atomic E-state index is 12.8. The molecular weight excluding hydrogens is 402 g/mol. The highest BCUT2D eigenvalue weighted by Crippen LogP contribution is 2.22. The van der Waals surface area contributed by atoms with Gasteiger partial charge in [0.25, 0.3) is 0 Å². The van der Waals surface area contributed by atoms with Gasteiger partial charge in [0, 0.05) is 80.2 Å². The fourth-order valence-corrected chi connectivity index (χ4v) is 3.93. The van der Waals surface area contributed by atoms with E-state index in [0.717, 1.165) is 59.7 Å². The third kappa shape index (κ3) is 4.22. The van der Waals surface area contributed by atoms with Gasteiger partial charge in [-0.05, 0) is 36.7 Å². The number of fused-ring (bicyclic) bond motifs is 1. The molecule has 0 atom stereocenters. The molecule has 5 rings (SSSR count). The lowest BCUT2D eigenvalue weighted by molar-refractivity contribution is 0.0991. The first-order valence-electron chi connectivity index (χ1n) is 10.7. The van der Waals surface area contributed by atoms with Gasteiger partial charge >= 0.3 is 0 Å². The molecule has 0 radical (unpaired) electrons. The van der Waals surface area contributed by atoms with Gasteiger partial charge in [-0.2, -0.15) is 5.10 Å². The number of likely N-dealkylation sites (N-methyl/N-ethyl adjacent to an activating group) is 1. The molecule has 4 aromatic rings. The fraction of sp³-hybridized carbons (Fsp3) is 0.292. The Labute approximate surface area is 186 Å². The van der Waals surface area contributed by atoms with Gasteiger partial charge in [-0.25, -0.2) is 4.98 Å². The molecule has 1 saturated heterocycles. The molecule has 4 aromatic heterocycles. The van der Waals surface area contributed by atoms with Gasteiger partial charge < -0.3 is 9.80 Å². The number of aryl methyl sites for hydroxylation is 1. The number of ketones is 1. The van der Waals surface area contributed by atoms with Crippen LogP contribution in [0.2, 0.25) is 0 Å². The zero-order valence-electron chi connectivity index (χ0n) is 18.3. The largest absolute Gasteiger partial charge is 0.354 e. The maximum Gasteiger partial charge on any atom is 0.170 e. The number of pyridine rings is 3. The van der Waals surface area contributed by atoms with Gasteiger partial charge in [0.2, 0.25) is 0 Å². The highest BCUT2D eigenvalue weighted by atomic mass is 16.1. The Morgan fingerprint density at radius 3 is 2.44 bits per heavy atom. The van der Waals surface area contributed by atoms with E-state index in [9.17, 15) is 4.79 Å². The monoisotopic (exact) mass is 427 g/mol. The van der Waals surface area contributed by atoms with Crippen LogP contribution in [-0.4, -0.2) is 68.6 Å². The lowest BCUT2D eigenvalue weighted by Gasteiger charge is -2.33. The number of hydrogen-bond acceptors (Lipinski definition) is 7. The van der Waals surface area contributed by atoms with Crippen molar-refractivity contribution < 1.29 is 4.79 Å². The Balaban J connectivity index is 1.31. The highest BCUT2D eigenvalue weighted by molar-refractivity contribution is 5.97. The minimum absolute atomic E-state index is 0.0100. The maximum atomic E-state index is 12.8. The predicted molar refractivity (Wildman–Crippen MR) is 124 cm³/mol. The number of nitrogens with zero attached hydrogens (tertiary/aromatic N) is 7. The molecule has 8 heteroatoms. The average molecular weight is 428 g/mol. The van der Waals surface area contributed by atoms with Gasteiger partial charge in [-0.3, -0.25) is 19.4 Å². The molecule has 1 fully saturated rings. The van der Waals surface area contributed by atoms with E-state index in [0.29, 0.717) is 5.56 Å². The Hall–Kier alpha value is -3.65. The number of anilines is 1. The summed E-state index contributed by atoms with van der Waals surface area (Å²) in [5.74, 6) is 0.935. The molecular formula is C24H25N7O. The number of carbonyl (C=O) groups is 1. The smallest absolute Gasteiger partial charge is 0.170 e. The second kappa shape index (κ2) is 8.47. The van der Waals surface area contributed by atoms with Crippen molar-refractivity contribution in [3.8, 4) is 11.3 Å². The molecule has 1 aliphatic rings. The van der Waals surface area contributed by atoms with Crippen LogP contribution in [0.25, 0.3) is 22.0 Å². The van der Waals surface area contributed by atoms with E-state index in [4.69, 9.17) is 0 Å². The summed E-state index contributed by atoms with van der Waals surface area (Å²) >= 11 is 0. The first-order chi connectivity index (χ1) is 15.5. The minimum atomic E-state index is 0.0100. The van der Waals surface area contributed by atoms with Gasteiger partial charge in [0.05, 0.1) is 18.3 Å². The Morgan fingerprint density at radius 2 is 1.72 bits per heavy atom. The van der Waals surface area contributed by atoms with Crippen molar-refractivity contribution in [2.24, 2.45) is 7.05 Å². The van der Waals surface area contributed by atoms with Gasteiger partial charge in [-0.1, -0.05) is 0 Å². The van der Waals surface area contributed by atoms with Crippen LogP contribution in [0.3, 0.4) is 0 Å². The van der Waals surface area contributed by atoms with Gasteiger partial charge in [-0.15, -0.1) is 0 Å². The number of Topliss-reactive ketones (excluding diaryl/α,β-unsaturated/α-hetero) is 1. The van der Waals surface area contributed by atoms with Crippen LogP contribution >= 0.6 is 0 Å². The van der Waals surface area contributed by atoms with Gasteiger partial charge in [0.15, 0.2) is 5.78 Å². The second-order valence-corrected chi connectivity index (χ2v) is 8.29. The summed E-state index contributed by atoms with van der Waals surface area (Å²) in [7, 11) is 4.01. The normalized spacial score (nSPS) is 14.8. The van der Waals surface area contributed by atoms with E-state index < -0.39 is 0 Å². The lowest BCUT2D eigenvalue weighted by atomic mass is 10.1. The van der Waals surface area contributed by atoms with E-state index in [1.54, 1.807) is 29.5 Å². The summed E-state index contributed by atoms with van der Waals surface area (Å²) in [4.78, 5) is 30.9. The van der Waals surface area contributed by atoms with Crippen LogP contribution < -0.4 is 4.90 Å². The number of carbonyl (C=O) groups excluding carboxylic acids is 1. The van der Waals surface area contributed by atoms with Crippen LogP contribution in [-0.2, 0) is 13.5 Å². The minimum Gasteiger partial charge on any atom is -0.354 e. The molecule has 5 heterocycles. The number of rotatable bonds is 5. The van der Waals surface area contributed by atoms with E-state index in [2.05, 4.69) is 36.9 Å². The zero-order chi connectivity index (χ0) is 22.1. The van der Waals surface area contributed by atoms with Crippen LogP contribution in [0.4, 0.5) is 5.82 Å². The SMILES string of the molecule is CN1CCN(c2ccc(C(=O)Cc3cc4cc(-c5cnn(C)c5)ncc4cn3)cn2)CC1. The molecule has 8 nitrogen and oxygen atoms in total. The first-order valence-corrected chi connectivity index (χ1v) is 10.7. The lowest BCUT2D eigenvalue weighted by Crippen LogP contribution is -2.44. The van der Waals surface area contributed by atoms with Crippen LogP contribution in [0.5, 0.6) is 0 Å². The van der Waals surface area contributed by atoms with Crippen molar-refractivity contribution in [3.63, 3.8) is 0 Å². The summed E-state index contributed by atoms with van der Waals surface area (Å²) in [6, 6.07) is 7.78. The molecule has 162 valence electrons. The zero-order valence-corrected chi connectivity index (χ0v) is 18.3.